The van der Waals surface area contributed by atoms with Crippen LogP contribution in [0.4, 0.5) is 0 Å². The van der Waals surface area contributed by atoms with Crippen molar-refractivity contribution < 1.29 is 14.6 Å². The van der Waals surface area contributed by atoms with Crippen LogP contribution in [-0.4, -0.2) is 24.3 Å². The van der Waals surface area contributed by atoms with Crippen LogP contribution in [0.1, 0.15) is 56.6 Å². The Hall–Kier alpha value is -1.35. The summed E-state index contributed by atoms with van der Waals surface area (Å²) in [5.41, 5.74) is 2.27. The van der Waals surface area contributed by atoms with Gasteiger partial charge in [0.15, 0.2) is 0 Å². The fourth-order valence-electron chi connectivity index (χ4n) is 2.27. The van der Waals surface area contributed by atoms with Crippen molar-refractivity contribution >= 4 is 5.97 Å². The molecule has 20 heavy (non-hydrogen) atoms. The standard InChI is InChI=1S/C17H26O3/c1-4-5-6-14-8-10-15(11-9-14)16(17(19)20-3)12-7-13(2)18/h8-11,13,16,18H,4-7,12H2,1-3H3. The van der Waals surface area contributed by atoms with Gasteiger partial charge in [0.25, 0.3) is 0 Å². The average molecular weight is 278 g/mol. The van der Waals surface area contributed by atoms with Crippen LogP contribution >= 0.6 is 0 Å². The van der Waals surface area contributed by atoms with Crippen molar-refractivity contribution in [1.82, 2.24) is 0 Å². The van der Waals surface area contributed by atoms with E-state index in [2.05, 4.69) is 19.1 Å². The number of rotatable bonds is 8. The van der Waals surface area contributed by atoms with Gasteiger partial charge in [-0.25, -0.2) is 0 Å². The van der Waals surface area contributed by atoms with Gasteiger partial charge in [0.2, 0.25) is 0 Å². The molecular formula is C17H26O3. The molecule has 0 spiro atoms. The summed E-state index contributed by atoms with van der Waals surface area (Å²) in [7, 11) is 1.41. The molecule has 0 aliphatic rings. The summed E-state index contributed by atoms with van der Waals surface area (Å²) in [6.07, 6.45) is 4.25. The van der Waals surface area contributed by atoms with Gasteiger partial charge in [0, 0.05) is 0 Å². The molecule has 1 aromatic rings. The Labute approximate surface area is 122 Å². The third kappa shape index (κ3) is 5.33. The first-order valence-electron chi connectivity index (χ1n) is 7.43. The third-order valence-corrected chi connectivity index (χ3v) is 3.56. The predicted octanol–water partition coefficient (Wildman–Crippen LogP) is 3.45. The lowest BCUT2D eigenvalue weighted by molar-refractivity contribution is -0.142. The Balaban J connectivity index is 2.76. The number of ether oxygens (including phenoxy) is 1. The smallest absolute Gasteiger partial charge is 0.313 e. The zero-order chi connectivity index (χ0) is 15.0. The zero-order valence-corrected chi connectivity index (χ0v) is 12.8. The maximum absolute atomic E-state index is 11.9. The van der Waals surface area contributed by atoms with E-state index in [0.717, 1.165) is 12.0 Å². The normalized spacial score (nSPS) is 13.8. The number of benzene rings is 1. The molecule has 0 fully saturated rings. The number of carbonyl (C=O) groups excluding carboxylic acids is 1. The Morgan fingerprint density at radius 1 is 1.25 bits per heavy atom. The van der Waals surface area contributed by atoms with Crippen LogP contribution in [0, 0.1) is 0 Å². The van der Waals surface area contributed by atoms with E-state index in [4.69, 9.17) is 4.74 Å². The van der Waals surface area contributed by atoms with Crippen molar-refractivity contribution in [3.8, 4) is 0 Å². The highest BCUT2D eigenvalue weighted by Gasteiger charge is 2.21. The molecule has 2 atom stereocenters. The molecule has 0 saturated heterocycles. The van der Waals surface area contributed by atoms with Gasteiger partial charge in [-0.3, -0.25) is 4.79 Å². The molecule has 1 N–H and O–H groups in total. The monoisotopic (exact) mass is 278 g/mol. The van der Waals surface area contributed by atoms with Crippen LogP contribution < -0.4 is 0 Å². The lowest BCUT2D eigenvalue weighted by atomic mass is 9.92. The maximum atomic E-state index is 11.9. The molecule has 1 rings (SSSR count). The van der Waals surface area contributed by atoms with E-state index in [1.807, 2.05) is 12.1 Å². The van der Waals surface area contributed by atoms with Crippen molar-refractivity contribution in [2.75, 3.05) is 7.11 Å². The van der Waals surface area contributed by atoms with E-state index < -0.39 is 6.10 Å². The Bertz CT molecular complexity index is 395. The van der Waals surface area contributed by atoms with Gasteiger partial charge in [-0.15, -0.1) is 0 Å². The van der Waals surface area contributed by atoms with Crippen LogP contribution in [0.25, 0.3) is 0 Å². The van der Waals surface area contributed by atoms with E-state index in [-0.39, 0.29) is 11.9 Å². The van der Waals surface area contributed by atoms with E-state index in [1.165, 1.54) is 25.5 Å². The number of hydrogen-bond donors (Lipinski definition) is 1. The van der Waals surface area contributed by atoms with Gasteiger partial charge < -0.3 is 9.84 Å². The van der Waals surface area contributed by atoms with Gasteiger partial charge in [-0.05, 0) is 43.7 Å². The highest BCUT2D eigenvalue weighted by Crippen LogP contribution is 2.24. The molecule has 2 unspecified atom stereocenters. The van der Waals surface area contributed by atoms with Crippen molar-refractivity contribution in [3.63, 3.8) is 0 Å². The van der Waals surface area contributed by atoms with Crippen molar-refractivity contribution in [1.29, 1.82) is 0 Å². The molecule has 0 aliphatic heterocycles. The summed E-state index contributed by atoms with van der Waals surface area (Å²) in [5.74, 6) is -0.512. The number of aliphatic hydroxyl groups is 1. The molecule has 0 amide bonds. The van der Waals surface area contributed by atoms with Crippen LogP contribution in [0.2, 0.25) is 0 Å². The molecule has 0 saturated carbocycles. The zero-order valence-electron chi connectivity index (χ0n) is 12.8. The molecule has 1 aromatic carbocycles. The van der Waals surface area contributed by atoms with Gasteiger partial charge in [0.1, 0.15) is 0 Å². The average Bonchev–Trinajstić information content (AvgIpc) is 2.45. The minimum absolute atomic E-state index is 0.230. The summed E-state index contributed by atoms with van der Waals surface area (Å²) < 4.78 is 4.87. The topological polar surface area (TPSA) is 46.5 Å². The highest BCUT2D eigenvalue weighted by molar-refractivity contribution is 5.78. The summed E-state index contributed by atoms with van der Waals surface area (Å²) in [4.78, 5) is 11.9. The summed E-state index contributed by atoms with van der Waals surface area (Å²) >= 11 is 0. The summed E-state index contributed by atoms with van der Waals surface area (Å²) in [5, 5.41) is 9.39. The van der Waals surface area contributed by atoms with Gasteiger partial charge >= 0.3 is 5.97 Å². The minimum Gasteiger partial charge on any atom is -0.469 e. The number of carbonyl (C=O) groups is 1. The molecule has 0 radical (unpaired) electrons. The van der Waals surface area contributed by atoms with Crippen LogP contribution in [-0.2, 0) is 16.0 Å². The van der Waals surface area contributed by atoms with Gasteiger partial charge in [-0.2, -0.15) is 0 Å². The van der Waals surface area contributed by atoms with Crippen LogP contribution in [0.3, 0.4) is 0 Å². The molecular weight excluding hydrogens is 252 g/mol. The lowest BCUT2D eigenvalue weighted by Gasteiger charge is -2.16. The van der Waals surface area contributed by atoms with Gasteiger partial charge in [-0.1, -0.05) is 37.6 Å². The Kier molecular flexibility index (Phi) is 7.31. The van der Waals surface area contributed by atoms with Crippen molar-refractivity contribution in [2.24, 2.45) is 0 Å². The quantitative estimate of drug-likeness (QED) is 0.741. The number of esters is 1. The predicted molar refractivity (Wildman–Crippen MR) is 80.7 cm³/mol. The SMILES string of the molecule is CCCCc1ccc(C(CCC(C)O)C(=O)OC)cc1. The highest BCUT2D eigenvalue weighted by atomic mass is 16.5. The third-order valence-electron chi connectivity index (χ3n) is 3.56. The van der Waals surface area contributed by atoms with Crippen molar-refractivity contribution in [2.45, 2.75) is 58.0 Å². The van der Waals surface area contributed by atoms with E-state index >= 15 is 0 Å². The second-order valence-electron chi connectivity index (χ2n) is 5.35. The number of hydrogen-bond acceptors (Lipinski definition) is 3. The summed E-state index contributed by atoms with van der Waals surface area (Å²) in [6, 6.07) is 8.19. The molecule has 3 heteroatoms. The Morgan fingerprint density at radius 3 is 2.40 bits per heavy atom. The van der Waals surface area contributed by atoms with E-state index in [0.29, 0.717) is 12.8 Å². The van der Waals surface area contributed by atoms with E-state index in [9.17, 15) is 9.90 Å². The minimum atomic E-state index is -0.397. The second kappa shape index (κ2) is 8.75. The fraction of sp³-hybridized carbons (Fsp3) is 0.588. The number of aryl methyl sites for hydroxylation is 1. The second-order valence-corrected chi connectivity index (χ2v) is 5.35. The fourth-order valence-corrected chi connectivity index (χ4v) is 2.27. The van der Waals surface area contributed by atoms with Crippen LogP contribution in [0.15, 0.2) is 24.3 Å². The molecule has 0 bridgehead atoms. The lowest BCUT2D eigenvalue weighted by Crippen LogP contribution is -2.16. The molecule has 3 nitrogen and oxygen atoms in total. The Morgan fingerprint density at radius 2 is 1.90 bits per heavy atom. The molecule has 0 aliphatic carbocycles. The first kappa shape index (κ1) is 16.7. The number of methoxy groups -OCH3 is 1. The van der Waals surface area contributed by atoms with Crippen molar-refractivity contribution in [3.05, 3.63) is 35.4 Å². The molecule has 112 valence electrons. The largest absolute Gasteiger partial charge is 0.469 e. The van der Waals surface area contributed by atoms with E-state index in [1.54, 1.807) is 6.92 Å². The number of unbranched alkanes of at least 4 members (excludes halogenated alkanes) is 1. The van der Waals surface area contributed by atoms with Gasteiger partial charge in [0.05, 0.1) is 19.1 Å². The maximum Gasteiger partial charge on any atom is 0.313 e. The first-order chi connectivity index (χ1) is 9.58. The summed E-state index contributed by atoms with van der Waals surface area (Å²) in [6.45, 7) is 3.92. The molecule has 0 heterocycles. The first-order valence-corrected chi connectivity index (χ1v) is 7.43. The van der Waals surface area contributed by atoms with Crippen LogP contribution in [0.5, 0.6) is 0 Å². The molecule has 0 aromatic heterocycles. The number of aliphatic hydroxyl groups excluding tert-OH is 1.